The molecule has 0 amide bonds. The highest BCUT2D eigenvalue weighted by Crippen LogP contribution is 2.49. The first-order valence-corrected chi connectivity index (χ1v) is 6.91. The number of halogens is 3. The first-order valence-electron chi connectivity index (χ1n) is 6.91. The second-order valence-electron chi connectivity index (χ2n) is 8.10. The average molecular weight is 278 g/mol. The van der Waals surface area contributed by atoms with Gasteiger partial charge in [-0.2, -0.15) is 13.2 Å². The molecule has 0 saturated heterocycles. The molecule has 0 radical (unpaired) electrons. The lowest BCUT2D eigenvalue weighted by Crippen LogP contribution is -2.38. The predicted molar refractivity (Wildman–Crippen MR) is 76.1 cm³/mol. The van der Waals surface area contributed by atoms with E-state index in [4.69, 9.17) is 0 Å². The number of rotatable bonds is 4. The van der Waals surface area contributed by atoms with Crippen LogP contribution < -0.4 is 0 Å². The van der Waals surface area contributed by atoms with E-state index in [0.717, 1.165) is 0 Å². The summed E-state index contributed by atoms with van der Waals surface area (Å²) in [4.78, 5) is 0. The van der Waals surface area contributed by atoms with Crippen LogP contribution in [-0.2, 0) is 0 Å². The molecule has 0 aromatic rings. The molecule has 19 heavy (non-hydrogen) atoms. The molecule has 0 nitrogen and oxygen atoms in total. The van der Waals surface area contributed by atoms with E-state index in [-0.39, 0.29) is 23.7 Å². The fourth-order valence-electron chi connectivity index (χ4n) is 2.34. The number of hydrogen-bond acceptors (Lipinski definition) is 0. The number of allylic oxidation sites excluding steroid dienone is 2. The summed E-state index contributed by atoms with van der Waals surface area (Å²) in [5, 5.41) is 0. The van der Waals surface area contributed by atoms with Crippen molar-refractivity contribution in [2.45, 2.75) is 73.9 Å². The minimum absolute atomic E-state index is 0.0264. The minimum Gasteiger partial charge on any atom is -0.171 e. The Morgan fingerprint density at radius 2 is 1.32 bits per heavy atom. The van der Waals surface area contributed by atoms with Crippen molar-refractivity contribution >= 4 is 0 Å². The van der Waals surface area contributed by atoms with Gasteiger partial charge in [-0.1, -0.05) is 60.6 Å². The molecule has 114 valence electrons. The van der Waals surface area contributed by atoms with Crippen molar-refractivity contribution < 1.29 is 13.2 Å². The van der Waals surface area contributed by atoms with Gasteiger partial charge < -0.3 is 0 Å². The molecule has 0 unspecified atom stereocenters. The molecule has 0 bridgehead atoms. The van der Waals surface area contributed by atoms with Gasteiger partial charge in [0.2, 0.25) is 0 Å². The maximum Gasteiger partial charge on any atom is 0.394 e. The second-order valence-corrected chi connectivity index (χ2v) is 8.10. The molecular weight excluding hydrogens is 249 g/mol. The highest BCUT2D eigenvalue weighted by Gasteiger charge is 2.51. The average Bonchev–Trinajstić information content (AvgIpc) is 2.06. The first-order chi connectivity index (χ1) is 8.16. The van der Waals surface area contributed by atoms with Gasteiger partial charge in [-0.05, 0) is 30.1 Å². The van der Waals surface area contributed by atoms with Crippen LogP contribution in [0.1, 0.15) is 67.7 Å². The van der Waals surface area contributed by atoms with Crippen molar-refractivity contribution in [3.8, 4) is 0 Å². The molecule has 0 heterocycles. The maximum atomic E-state index is 13.3. The summed E-state index contributed by atoms with van der Waals surface area (Å²) in [6.45, 7) is 13.1. The maximum absolute atomic E-state index is 13.3. The Hall–Kier alpha value is -0.470. The van der Waals surface area contributed by atoms with Gasteiger partial charge in [0.1, 0.15) is 0 Å². The van der Waals surface area contributed by atoms with Gasteiger partial charge in [0.05, 0.1) is 5.41 Å². The fraction of sp³-hybridized carbons (Fsp3) is 0.875. The van der Waals surface area contributed by atoms with Crippen molar-refractivity contribution in [1.82, 2.24) is 0 Å². The van der Waals surface area contributed by atoms with Crippen molar-refractivity contribution in [3.63, 3.8) is 0 Å². The smallest absolute Gasteiger partial charge is 0.171 e. The van der Waals surface area contributed by atoms with Crippen molar-refractivity contribution in [3.05, 3.63) is 12.2 Å². The summed E-state index contributed by atoms with van der Waals surface area (Å²) in [5.41, 5.74) is -1.90. The van der Waals surface area contributed by atoms with Gasteiger partial charge in [-0.15, -0.1) is 0 Å². The van der Waals surface area contributed by atoms with Crippen LogP contribution in [0.25, 0.3) is 0 Å². The molecule has 0 N–H and O–H groups in total. The van der Waals surface area contributed by atoms with Gasteiger partial charge in [0, 0.05) is 0 Å². The monoisotopic (exact) mass is 278 g/mol. The lowest BCUT2D eigenvalue weighted by atomic mass is 9.72. The fourth-order valence-corrected chi connectivity index (χ4v) is 2.34. The molecule has 0 aliphatic carbocycles. The Labute approximate surface area is 116 Å². The van der Waals surface area contributed by atoms with Crippen LogP contribution >= 0.6 is 0 Å². The first kappa shape index (κ1) is 18.5. The Bertz CT molecular complexity index is 299. The quantitative estimate of drug-likeness (QED) is 0.524. The van der Waals surface area contributed by atoms with Gasteiger partial charge in [0.15, 0.2) is 0 Å². The van der Waals surface area contributed by atoms with E-state index >= 15 is 0 Å². The third-order valence-corrected chi connectivity index (χ3v) is 3.09. The van der Waals surface area contributed by atoms with Crippen LogP contribution in [0.15, 0.2) is 12.2 Å². The van der Waals surface area contributed by atoms with Crippen LogP contribution in [0.4, 0.5) is 13.2 Å². The normalized spacial score (nSPS) is 17.8. The Morgan fingerprint density at radius 3 is 1.63 bits per heavy atom. The summed E-state index contributed by atoms with van der Waals surface area (Å²) in [5.74, 6) is 0. The molecule has 0 aliphatic heterocycles. The van der Waals surface area contributed by atoms with E-state index in [1.807, 2.05) is 53.7 Å². The molecule has 0 aromatic carbocycles. The van der Waals surface area contributed by atoms with Gasteiger partial charge in [0.25, 0.3) is 0 Å². The van der Waals surface area contributed by atoms with Crippen molar-refractivity contribution in [2.24, 2.45) is 16.2 Å². The Kier molecular flexibility index (Phi) is 5.74. The highest BCUT2D eigenvalue weighted by atomic mass is 19.4. The Morgan fingerprint density at radius 1 is 0.842 bits per heavy atom. The zero-order chi connectivity index (χ0) is 15.5. The lowest BCUT2D eigenvalue weighted by Gasteiger charge is -2.37. The molecule has 0 spiro atoms. The summed E-state index contributed by atoms with van der Waals surface area (Å²) < 4.78 is 39.8. The van der Waals surface area contributed by atoms with Crippen LogP contribution in [-0.4, -0.2) is 6.18 Å². The highest BCUT2D eigenvalue weighted by molar-refractivity contribution is 4.95. The molecule has 0 aliphatic rings. The van der Waals surface area contributed by atoms with E-state index < -0.39 is 11.6 Å². The van der Waals surface area contributed by atoms with E-state index in [0.29, 0.717) is 6.42 Å². The second kappa shape index (κ2) is 5.88. The van der Waals surface area contributed by atoms with E-state index in [1.54, 1.807) is 0 Å². The predicted octanol–water partition coefficient (Wildman–Crippen LogP) is 6.37. The van der Waals surface area contributed by atoms with Crippen LogP contribution in [0.2, 0.25) is 0 Å². The summed E-state index contributed by atoms with van der Waals surface area (Å²) >= 11 is 0. The molecule has 3 heteroatoms. The third-order valence-electron chi connectivity index (χ3n) is 3.09. The zero-order valence-corrected chi connectivity index (χ0v) is 13.4. The van der Waals surface area contributed by atoms with E-state index in [1.165, 1.54) is 6.92 Å². The molecule has 0 aromatic heterocycles. The number of hydrogen-bond donors (Lipinski definition) is 0. The van der Waals surface area contributed by atoms with Crippen LogP contribution in [0, 0.1) is 16.2 Å². The Balaban J connectivity index is 4.77. The zero-order valence-electron chi connectivity index (χ0n) is 13.4. The standard InChI is InChI=1S/C16H29F3/c1-13(2,3)10-8-9-11-15(7,16(17,18)19)12-14(4,5)6/h8,10H,9,11-12H2,1-7H3/b10-8+/t15-/m1/s1. The van der Waals surface area contributed by atoms with Crippen molar-refractivity contribution in [2.75, 3.05) is 0 Å². The molecule has 0 rings (SSSR count). The van der Waals surface area contributed by atoms with Gasteiger partial charge >= 0.3 is 6.18 Å². The SMILES string of the molecule is CC(C)(C)/C=C/CC[C@](C)(CC(C)(C)C)C(F)(F)F. The van der Waals surface area contributed by atoms with Crippen LogP contribution in [0.3, 0.4) is 0 Å². The topological polar surface area (TPSA) is 0 Å². The summed E-state index contributed by atoms with van der Waals surface area (Å²) in [6, 6.07) is 0. The minimum atomic E-state index is -4.14. The molecular formula is C16H29F3. The molecule has 1 atom stereocenters. The molecule has 0 saturated carbocycles. The van der Waals surface area contributed by atoms with E-state index in [9.17, 15) is 13.2 Å². The number of alkyl halides is 3. The third kappa shape index (κ3) is 7.64. The van der Waals surface area contributed by atoms with Crippen LogP contribution in [0.5, 0.6) is 0 Å². The largest absolute Gasteiger partial charge is 0.394 e. The van der Waals surface area contributed by atoms with Crippen molar-refractivity contribution in [1.29, 1.82) is 0 Å². The lowest BCUT2D eigenvalue weighted by molar-refractivity contribution is -0.229. The summed E-state index contributed by atoms with van der Waals surface area (Å²) in [6.07, 6.45) is 0.514. The summed E-state index contributed by atoms with van der Waals surface area (Å²) in [7, 11) is 0. The molecule has 0 fully saturated rings. The van der Waals surface area contributed by atoms with E-state index in [2.05, 4.69) is 0 Å². The van der Waals surface area contributed by atoms with Gasteiger partial charge in [-0.3, -0.25) is 0 Å². The van der Waals surface area contributed by atoms with Gasteiger partial charge in [-0.25, -0.2) is 0 Å².